The Kier molecular flexibility index (Phi) is 5.53. The summed E-state index contributed by atoms with van der Waals surface area (Å²) in [7, 11) is 2.80. The van der Waals surface area contributed by atoms with Crippen molar-refractivity contribution in [3.05, 3.63) is 11.6 Å². The number of rotatable bonds is 6. The lowest BCUT2D eigenvalue weighted by atomic mass is 9.60. The zero-order valence-corrected chi connectivity index (χ0v) is 18.1. The molecule has 0 radical (unpaired) electrons. The largest absolute Gasteiger partial charge is 0.469 e. The van der Waals surface area contributed by atoms with Gasteiger partial charge in [0.1, 0.15) is 0 Å². The third-order valence-corrected chi connectivity index (χ3v) is 8.08. The Morgan fingerprint density at radius 3 is 2.59 bits per heavy atom. The molecule has 5 bridgehead atoms. The number of unbranched alkanes of at least 4 members (excludes halogenated alkanes) is 1. The summed E-state index contributed by atoms with van der Waals surface area (Å²) in [4.78, 5) is 26.0. The van der Waals surface area contributed by atoms with Gasteiger partial charge in [-0.2, -0.15) is 0 Å². The lowest BCUT2D eigenvalue weighted by Gasteiger charge is -2.53. The second kappa shape index (κ2) is 7.69. The number of carbonyl (C=O) groups is 2. The van der Waals surface area contributed by atoms with E-state index < -0.39 is 17.6 Å². The van der Waals surface area contributed by atoms with Gasteiger partial charge in [0, 0.05) is 11.3 Å². The molecule has 1 spiro atoms. The van der Waals surface area contributed by atoms with E-state index in [2.05, 4.69) is 19.9 Å². The predicted molar refractivity (Wildman–Crippen MR) is 106 cm³/mol. The van der Waals surface area contributed by atoms with Crippen LogP contribution in [0.3, 0.4) is 0 Å². The third-order valence-electron chi connectivity index (χ3n) is 8.08. The highest BCUT2D eigenvalue weighted by molar-refractivity contribution is 5.83. The molecular weight excluding hydrogens is 372 g/mol. The van der Waals surface area contributed by atoms with E-state index in [1.54, 1.807) is 0 Å². The maximum absolute atomic E-state index is 13.1. The number of esters is 2. The average Bonchev–Trinajstić information content (AvgIpc) is 2.99. The van der Waals surface area contributed by atoms with E-state index in [4.69, 9.17) is 18.9 Å². The van der Waals surface area contributed by atoms with Crippen molar-refractivity contribution in [3.63, 3.8) is 0 Å². The van der Waals surface area contributed by atoms with Gasteiger partial charge in [-0.3, -0.25) is 9.59 Å². The van der Waals surface area contributed by atoms with Crippen LogP contribution in [0.2, 0.25) is 0 Å². The Bertz CT molecular complexity index is 701. The van der Waals surface area contributed by atoms with Crippen molar-refractivity contribution >= 4 is 11.9 Å². The Hall–Kier alpha value is -1.40. The molecule has 4 aliphatic rings. The summed E-state index contributed by atoms with van der Waals surface area (Å²) in [5.74, 6) is -2.33. The summed E-state index contributed by atoms with van der Waals surface area (Å²) < 4.78 is 23.3. The fourth-order valence-corrected chi connectivity index (χ4v) is 6.65. The molecule has 3 fully saturated rings. The summed E-state index contributed by atoms with van der Waals surface area (Å²) in [6.45, 7) is 5.50. The minimum Gasteiger partial charge on any atom is -0.469 e. The highest BCUT2D eigenvalue weighted by atomic mass is 16.7. The Morgan fingerprint density at radius 1 is 1.17 bits per heavy atom. The van der Waals surface area contributed by atoms with Gasteiger partial charge in [0.25, 0.3) is 0 Å². The molecule has 7 atom stereocenters. The summed E-state index contributed by atoms with van der Waals surface area (Å²) in [5, 5.41) is 0. The van der Waals surface area contributed by atoms with Crippen LogP contribution in [0, 0.1) is 35.0 Å². The maximum atomic E-state index is 13.1. The van der Waals surface area contributed by atoms with Gasteiger partial charge in [-0.15, -0.1) is 0 Å². The molecule has 2 aliphatic carbocycles. The second-order valence-electron chi connectivity index (χ2n) is 9.19. The molecule has 162 valence electrons. The molecule has 0 amide bonds. The van der Waals surface area contributed by atoms with Crippen molar-refractivity contribution in [2.75, 3.05) is 27.4 Å². The first kappa shape index (κ1) is 20.9. The van der Waals surface area contributed by atoms with E-state index in [1.165, 1.54) is 19.8 Å². The monoisotopic (exact) mass is 406 g/mol. The number of carbonyl (C=O) groups excluding carboxylic acids is 2. The van der Waals surface area contributed by atoms with Crippen LogP contribution in [0.15, 0.2) is 11.6 Å². The lowest BCUT2D eigenvalue weighted by Crippen LogP contribution is -2.58. The van der Waals surface area contributed by atoms with Crippen LogP contribution >= 0.6 is 0 Å². The van der Waals surface area contributed by atoms with Crippen LogP contribution in [-0.4, -0.2) is 45.2 Å². The molecule has 6 heteroatoms. The van der Waals surface area contributed by atoms with E-state index in [0.29, 0.717) is 25.6 Å². The van der Waals surface area contributed by atoms with Crippen molar-refractivity contribution in [1.82, 2.24) is 0 Å². The minimum absolute atomic E-state index is 0.217. The molecule has 1 unspecified atom stereocenters. The standard InChI is InChI=1S/C23H34O6/c1-5-7-8-14-11-17-22(6-2)12-16(20(24)26-3)18(21(25)27-4)19-15(14)9-10-28-23(17,19)29-13-22/h11,14-16,18-19H,5-10,12-13H2,1-4H3/t14-,15-,16+,18-,19?,22+,23-/m0/s1. The Labute approximate surface area is 173 Å². The smallest absolute Gasteiger partial charge is 0.310 e. The van der Waals surface area contributed by atoms with Crippen LogP contribution < -0.4 is 0 Å². The van der Waals surface area contributed by atoms with Crippen molar-refractivity contribution in [2.45, 2.75) is 58.2 Å². The van der Waals surface area contributed by atoms with Crippen molar-refractivity contribution < 1.29 is 28.5 Å². The van der Waals surface area contributed by atoms with Crippen molar-refractivity contribution in [3.8, 4) is 0 Å². The topological polar surface area (TPSA) is 71.1 Å². The summed E-state index contributed by atoms with van der Waals surface area (Å²) in [6, 6.07) is 0. The van der Waals surface area contributed by atoms with Crippen LogP contribution in [0.1, 0.15) is 52.4 Å². The van der Waals surface area contributed by atoms with E-state index in [0.717, 1.165) is 32.1 Å². The first-order valence-electron chi connectivity index (χ1n) is 11.1. The third kappa shape index (κ3) is 2.89. The molecule has 6 nitrogen and oxygen atoms in total. The van der Waals surface area contributed by atoms with Crippen molar-refractivity contribution in [1.29, 1.82) is 0 Å². The normalized spacial score (nSPS) is 42.6. The predicted octanol–water partition coefficient (Wildman–Crippen LogP) is 3.49. The zero-order valence-electron chi connectivity index (χ0n) is 18.1. The Morgan fingerprint density at radius 2 is 1.93 bits per heavy atom. The quantitative estimate of drug-likeness (QED) is 0.497. The zero-order chi connectivity index (χ0) is 20.8. The highest BCUT2D eigenvalue weighted by Gasteiger charge is 2.70. The molecule has 2 saturated heterocycles. The molecule has 0 aromatic rings. The summed E-state index contributed by atoms with van der Waals surface area (Å²) >= 11 is 0. The molecule has 0 aromatic heterocycles. The fraction of sp³-hybridized carbons (Fsp3) is 0.826. The summed E-state index contributed by atoms with van der Waals surface area (Å²) in [6.07, 6.45) is 8.02. The molecule has 2 aliphatic heterocycles. The van der Waals surface area contributed by atoms with Crippen molar-refractivity contribution in [2.24, 2.45) is 35.0 Å². The number of ether oxygens (including phenoxy) is 4. The van der Waals surface area contributed by atoms with Gasteiger partial charge in [-0.1, -0.05) is 32.8 Å². The van der Waals surface area contributed by atoms with Crippen LogP contribution in [-0.2, 0) is 28.5 Å². The van der Waals surface area contributed by atoms with Gasteiger partial charge in [-0.05, 0) is 43.1 Å². The summed E-state index contributed by atoms with van der Waals surface area (Å²) in [5.41, 5.74) is 0.877. The second-order valence-corrected chi connectivity index (χ2v) is 9.19. The molecule has 0 N–H and O–H groups in total. The van der Waals surface area contributed by atoms with Crippen LogP contribution in [0.5, 0.6) is 0 Å². The molecule has 2 heterocycles. The minimum atomic E-state index is -0.900. The van der Waals surface area contributed by atoms with Gasteiger partial charge in [0.15, 0.2) is 5.79 Å². The van der Waals surface area contributed by atoms with E-state index >= 15 is 0 Å². The van der Waals surface area contributed by atoms with E-state index in [1.807, 2.05) is 0 Å². The average molecular weight is 407 g/mol. The van der Waals surface area contributed by atoms with E-state index in [-0.39, 0.29) is 29.2 Å². The Balaban J connectivity index is 1.91. The fourth-order valence-electron chi connectivity index (χ4n) is 6.65. The van der Waals surface area contributed by atoms with Gasteiger partial charge >= 0.3 is 11.9 Å². The highest BCUT2D eigenvalue weighted by Crippen LogP contribution is 2.66. The first-order chi connectivity index (χ1) is 14.0. The maximum Gasteiger partial charge on any atom is 0.310 e. The van der Waals surface area contributed by atoms with Crippen LogP contribution in [0.25, 0.3) is 0 Å². The molecule has 4 rings (SSSR count). The molecule has 0 aromatic carbocycles. The van der Waals surface area contributed by atoms with E-state index in [9.17, 15) is 9.59 Å². The van der Waals surface area contributed by atoms with Crippen LogP contribution in [0.4, 0.5) is 0 Å². The number of methoxy groups -OCH3 is 2. The molecule has 1 saturated carbocycles. The molecular formula is C23H34O6. The molecule has 29 heavy (non-hydrogen) atoms. The lowest BCUT2D eigenvalue weighted by molar-refractivity contribution is -0.279. The van der Waals surface area contributed by atoms with Gasteiger partial charge in [0.2, 0.25) is 0 Å². The SMILES string of the molecule is CCCC[C@H]1C=C2[C@@]3(CC)CO[C@@]24OCC[C@@H]1C4[C@@H](C(=O)OC)[C@H](C(=O)OC)C3. The van der Waals surface area contributed by atoms with Gasteiger partial charge in [0.05, 0.1) is 39.3 Å². The van der Waals surface area contributed by atoms with Gasteiger partial charge in [-0.25, -0.2) is 0 Å². The number of hydrogen-bond donors (Lipinski definition) is 0. The number of hydrogen-bond acceptors (Lipinski definition) is 6. The number of allylic oxidation sites excluding steroid dienone is 1. The van der Waals surface area contributed by atoms with Gasteiger partial charge < -0.3 is 18.9 Å². The first-order valence-corrected chi connectivity index (χ1v) is 11.1.